The second-order valence-corrected chi connectivity index (χ2v) is 5.51. The number of pyridine rings is 1. The maximum absolute atomic E-state index is 12.0. The number of nitrogens with one attached hydrogen (secondary N) is 1. The van der Waals surface area contributed by atoms with Crippen molar-refractivity contribution < 1.29 is 14.3 Å². The number of carbonyl (C=O) groups excluding carboxylic acids is 1. The van der Waals surface area contributed by atoms with Crippen LogP contribution in [0.25, 0.3) is 0 Å². The van der Waals surface area contributed by atoms with Gasteiger partial charge < -0.3 is 15.3 Å². The van der Waals surface area contributed by atoms with E-state index in [0.717, 1.165) is 16.9 Å². The van der Waals surface area contributed by atoms with Crippen LogP contribution in [0.1, 0.15) is 21.6 Å². The van der Waals surface area contributed by atoms with E-state index in [1.165, 1.54) is 12.3 Å². The highest BCUT2D eigenvalue weighted by Crippen LogP contribution is 2.12. The Kier molecular flexibility index (Phi) is 5.26. The number of rotatable bonds is 6. The molecule has 0 spiro atoms. The van der Waals surface area contributed by atoms with Crippen LogP contribution in [-0.2, 0) is 13.2 Å². The number of aromatic nitrogens is 1. The molecule has 25 heavy (non-hydrogen) atoms. The molecular weight excluding hydrogens is 316 g/mol. The van der Waals surface area contributed by atoms with E-state index >= 15 is 0 Å². The Labute approximate surface area is 146 Å². The normalized spacial score (nSPS) is 10.2. The molecule has 3 rings (SSSR count). The first-order valence-corrected chi connectivity index (χ1v) is 7.94. The summed E-state index contributed by atoms with van der Waals surface area (Å²) in [6, 6.07) is 22.1. The minimum Gasteiger partial charge on any atom is -0.618 e. The summed E-state index contributed by atoms with van der Waals surface area (Å²) in [6.07, 6.45) is 1.30. The van der Waals surface area contributed by atoms with Crippen LogP contribution >= 0.6 is 0 Å². The van der Waals surface area contributed by atoms with Gasteiger partial charge in [-0.15, -0.1) is 0 Å². The molecule has 0 atom stereocenters. The Bertz CT molecular complexity index is 833. The highest BCUT2D eigenvalue weighted by Gasteiger charge is 2.14. The lowest BCUT2D eigenvalue weighted by Crippen LogP contribution is -2.38. The summed E-state index contributed by atoms with van der Waals surface area (Å²) in [5, 5.41) is 14.3. The van der Waals surface area contributed by atoms with E-state index < -0.39 is 5.91 Å². The molecule has 3 aromatic rings. The first-order valence-electron chi connectivity index (χ1n) is 7.94. The lowest BCUT2D eigenvalue weighted by molar-refractivity contribution is -0.607. The summed E-state index contributed by atoms with van der Waals surface area (Å²) >= 11 is 0. The molecule has 5 heteroatoms. The monoisotopic (exact) mass is 334 g/mol. The van der Waals surface area contributed by atoms with Crippen molar-refractivity contribution in [3.63, 3.8) is 0 Å². The first kappa shape index (κ1) is 16.5. The van der Waals surface area contributed by atoms with Gasteiger partial charge in [-0.3, -0.25) is 4.79 Å². The van der Waals surface area contributed by atoms with Gasteiger partial charge in [0.1, 0.15) is 12.4 Å². The molecule has 1 amide bonds. The number of hydrogen-bond acceptors (Lipinski definition) is 3. The molecule has 0 unspecified atom stereocenters. The van der Waals surface area contributed by atoms with Gasteiger partial charge in [-0.05, 0) is 29.3 Å². The van der Waals surface area contributed by atoms with Crippen molar-refractivity contribution in [1.29, 1.82) is 0 Å². The third kappa shape index (κ3) is 4.57. The maximum atomic E-state index is 12.0. The summed E-state index contributed by atoms with van der Waals surface area (Å²) in [6.45, 7) is 0.838. The van der Waals surface area contributed by atoms with Gasteiger partial charge in [-0.1, -0.05) is 42.5 Å². The van der Waals surface area contributed by atoms with Crippen LogP contribution in [-0.4, -0.2) is 5.91 Å². The van der Waals surface area contributed by atoms with E-state index in [2.05, 4.69) is 5.32 Å². The number of hydrogen-bond donors (Lipinski definition) is 1. The van der Waals surface area contributed by atoms with Crippen molar-refractivity contribution in [3.8, 4) is 5.75 Å². The minimum atomic E-state index is -0.396. The zero-order chi connectivity index (χ0) is 17.5. The average molecular weight is 334 g/mol. The molecule has 1 N–H and O–H groups in total. The molecule has 0 radical (unpaired) electrons. The Hall–Kier alpha value is -3.34. The number of carbonyl (C=O) groups is 1. The zero-order valence-electron chi connectivity index (χ0n) is 13.6. The molecule has 0 fully saturated rings. The fourth-order valence-corrected chi connectivity index (χ4v) is 2.31. The van der Waals surface area contributed by atoms with Crippen molar-refractivity contribution in [3.05, 3.63) is 101 Å². The standard InChI is InChI=1S/C20H18N2O3/c23-20(19-8-4-5-13-22(19)24)21-14-16-9-11-17(12-10-16)15-25-18-6-2-1-3-7-18/h1-13H,14-15H2,(H,21,23). The fraction of sp³-hybridized carbons (Fsp3) is 0.100. The largest absolute Gasteiger partial charge is 0.618 e. The molecule has 0 saturated carbocycles. The third-order valence-electron chi connectivity index (χ3n) is 3.68. The lowest BCUT2D eigenvalue weighted by atomic mass is 10.1. The van der Waals surface area contributed by atoms with Gasteiger partial charge in [-0.2, -0.15) is 4.73 Å². The SMILES string of the molecule is O=C(NCc1ccc(COc2ccccc2)cc1)c1cccc[n+]1[O-]. The van der Waals surface area contributed by atoms with E-state index in [9.17, 15) is 10.0 Å². The number of benzene rings is 2. The van der Waals surface area contributed by atoms with Gasteiger partial charge in [0, 0.05) is 18.7 Å². The summed E-state index contributed by atoms with van der Waals surface area (Å²) < 4.78 is 6.25. The van der Waals surface area contributed by atoms with E-state index in [-0.39, 0.29) is 5.69 Å². The molecule has 0 aliphatic heterocycles. The molecule has 0 aliphatic rings. The molecule has 126 valence electrons. The van der Waals surface area contributed by atoms with Crippen molar-refractivity contribution in [2.75, 3.05) is 0 Å². The highest BCUT2D eigenvalue weighted by atomic mass is 16.5. The van der Waals surface area contributed by atoms with Crippen LogP contribution in [0, 0.1) is 5.21 Å². The van der Waals surface area contributed by atoms with Gasteiger partial charge in [0.25, 0.3) is 5.69 Å². The van der Waals surface area contributed by atoms with Crippen LogP contribution in [0.15, 0.2) is 79.0 Å². The second kappa shape index (κ2) is 7.97. The molecule has 5 nitrogen and oxygen atoms in total. The molecule has 2 aromatic carbocycles. The van der Waals surface area contributed by atoms with E-state index in [4.69, 9.17) is 4.74 Å². The number of ether oxygens (including phenoxy) is 1. The maximum Gasteiger partial charge on any atom is 0.317 e. The van der Waals surface area contributed by atoms with E-state index in [1.807, 2.05) is 54.6 Å². The molecule has 1 aromatic heterocycles. The smallest absolute Gasteiger partial charge is 0.317 e. The Morgan fingerprint density at radius 3 is 2.32 bits per heavy atom. The molecule has 0 bridgehead atoms. The third-order valence-corrected chi connectivity index (χ3v) is 3.68. The highest BCUT2D eigenvalue weighted by molar-refractivity contribution is 5.90. The van der Waals surface area contributed by atoms with Crippen LogP contribution in [0.2, 0.25) is 0 Å². The first-order chi connectivity index (χ1) is 12.2. The van der Waals surface area contributed by atoms with Gasteiger partial charge in [-0.25, -0.2) is 0 Å². The van der Waals surface area contributed by atoms with Gasteiger partial charge >= 0.3 is 5.91 Å². The van der Waals surface area contributed by atoms with Gasteiger partial charge in [0.15, 0.2) is 6.20 Å². The summed E-state index contributed by atoms with van der Waals surface area (Å²) in [5.74, 6) is 0.430. The average Bonchev–Trinajstić information content (AvgIpc) is 2.66. The van der Waals surface area contributed by atoms with Crippen molar-refractivity contribution in [2.24, 2.45) is 0 Å². The predicted octanol–water partition coefficient (Wildman–Crippen LogP) is 2.83. The van der Waals surface area contributed by atoms with Crippen LogP contribution in [0.3, 0.4) is 0 Å². The quantitative estimate of drug-likeness (QED) is 0.557. The number of amides is 1. The Morgan fingerprint density at radius 2 is 1.60 bits per heavy atom. The summed E-state index contributed by atoms with van der Waals surface area (Å²) in [4.78, 5) is 12.0. The van der Waals surface area contributed by atoms with Crippen molar-refractivity contribution in [2.45, 2.75) is 13.2 Å². The minimum absolute atomic E-state index is 0.0791. The van der Waals surface area contributed by atoms with Gasteiger partial charge in [0.05, 0.1) is 0 Å². The number of para-hydroxylation sites is 1. The zero-order valence-corrected chi connectivity index (χ0v) is 13.6. The number of nitrogens with zero attached hydrogens (tertiary/aromatic N) is 1. The van der Waals surface area contributed by atoms with Crippen molar-refractivity contribution in [1.82, 2.24) is 5.32 Å². The Morgan fingerprint density at radius 1 is 0.920 bits per heavy atom. The molecular formula is C20H18N2O3. The fourth-order valence-electron chi connectivity index (χ4n) is 2.31. The van der Waals surface area contributed by atoms with Crippen molar-refractivity contribution >= 4 is 5.91 Å². The van der Waals surface area contributed by atoms with Crippen LogP contribution in [0.5, 0.6) is 5.75 Å². The molecule has 0 saturated heterocycles. The van der Waals surface area contributed by atoms with Gasteiger partial charge in [0.2, 0.25) is 0 Å². The van der Waals surface area contributed by atoms with Crippen LogP contribution in [0.4, 0.5) is 0 Å². The van der Waals surface area contributed by atoms with E-state index in [0.29, 0.717) is 17.9 Å². The van der Waals surface area contributed by atoms with Crippen LogP contribution < -0.4 is 14.8 Å². The molecule has 0 aliphatic carbocycles. The Balaban J connectivity index is 1.52. The second-order valence-electron chi connectivity index (χ2n) is 5.51. The van der Waals surface area contributed by atoms with E-state index in [1.54, 1.807) is 12.1 Å². The summed E-state index contributed by atoms with van der Waals surface area (Å²) in [7, 11) is 0. The topological polar surface area (TPSA) is 65.3 Å². The lowest BCUT2D eigenvalue weighted by Gasteiger charge is -2.08. The predicted molar refractivity (Wildman–Crippen MR) is 93.8 cm³/mol. The molecule has 1 heterocycles. The summed E-state index contributed by atoms with van der Waals surface area (Å²) in [5.41, 5.74) is 2.07.